The van der Waals surface area contributed by atoms with Crippen molar-refractivity contribution in [1.82, 2.24) is 9.66 Å². The highest BCUT2D eigenvalue weighted by molar-refractivity contribution is 9.10. The number of hydrogen-bond acceptors (Lipinski definition) is 7. The van der Waals surface area contributed by atoms with E-state index < -0.39 is 17.3 Å². The molecule has 0 fully saturated rings. The SMILES string of the molecule is COc1cccc2oc(-c3nc4ccccc4c(=O)n3N=Cc3cc(Br)ccc3OCC(=O)Nc3cccc(F)c3)cc12. The Morgan fingerprint density at radius 3 is 2.70 bits per heavy atom. The summed E-state index contributed by atoms with van der Waals surface area (Å²) in [5, 5.41) is 8.19. The highest BCUT2D eigenvalue weighted by Crippen LogP contribution is 2.33. The summed E-state index contributed by atoms with van der Waals surface area (Å²) in [5.41, 5.74) is 1.43. The van der Waals surface area contributed by atoms with Crippen LogP contribution < -0.4 is 20.3 Å². The molecule has 0 aliphatic rings. The van der Waals surface area contributed by atoms with Crippen LogP contribution in [0.3, 0.4) is 0 Å². The van der Waals surface area contributed by atoms with Crippen LogP contribution in [-0.4, -0.2) is 35.5 Å². The Morgan fingerprint density at radius 1 is 1.02 bits per heavy atom. The van der Waals surface area contributed by atoms with E-state index in [0.717, 1.165) is 14.5 Å². The van der Waals surface area contributed by atoms with Gasteiger partial charge in [-0.15, -0.1) is 0 Å². The number of rotatable bonds is 8. The van der Waals surface area contributed by atoms with Crippen LogP contribution in [0, 0.1) is 5.82 Å². The number of halogens is 2. The number of carbonyl (C=O) groups excluding carboxylic acids is 1. The summed E-state index contributed by atoms with van der Waals surface area (Å²) in [7, 11) is 1.57. The first-order valence-corrected chi connectivity index (χ1v) is 13.8. The van der Waals surface area contributed by atoms with Crippen molar-refractivity contribution in [3.8, 4) is 23.1 Å². The van der Waals surface area contributed by atoms with Gasteiger partial charge in [-0.1, -0.05) is 40.2 Å². The summed E-state index contributed by atoms with van der Waals surface area (Å²) >= 11 is 3.45. The minimum atomic E-state index is -0.478. The third kappa shape index (κ3) is 5.88. The number of hydrogen-bond donors (Lipinski definition) is 1. The molecule has 0 saturated carbocycles. The maximum atomic E-state index is 13.7. The fourth-order valence-electron chi connectivity index (χ4n) is 4.49. The molecule has 1 amide bonds. The van der Waals surface area contributed by atoms with Gasteiger partial charge in [0.15, 0.2) is 12.4 Å². The second-order valence-corrected chi connectivity index (χ2v) is 10.2. The van der Waals surface area contributed by atoms with Gasteiger partial charge < -0.3 is 19.2 Å². The van der Waals surface area contributed by atoms with Gasteiger partial charge in [0.1, 0.15) is 22.9 Å². The highest BCUT2D eigenvalue weighted by atomic mass is 79.9. The van der Waals surface area contributed by atoms with Crippen molar-refractivity contribution in [3.05, 3.63) is 117 Å². The molecule has 6 aromatic rings. The zero-order valence-corrected chi connectivity index (χ0v) is 24.2. The first kappa shape index (κ1) is 27.9. The summed E-state index contributed by atoms with van der Waals surface area (Å²) in [5.74, 6) is 0.504. The van der Waals surface area contributed by atoms with E-state index in [0.29, 0.717) is 45.0 Å². The number of methoxy groups -OCH3 is 1. The minimum absolute atomic E-state index is 0.185. The Morgan fingerprint density at radius 2 is 1.86 bits per heavy atom. The molecule has 0 saturated heterocycles. The maximum Gasteiger partial charge on any atom is 0.282 e. The topological polar surface area (TPSA) is 108 Å². The molecular weight excluding hydrogens is 619 g/mol. The fourth-order valence-corrected chi connectivity index (χ4v) is 4.87. The van der Waals surface area contributed by atoms with E-state index in [1.54, 1.807) is 73.8 Å². The number of para-hydroxylation sites is 1. The van der Waals surface area contributed by atoms with Gasteiger partial charge >= 0.3 is 0 Å². The number of ether oxygens (including phenoxy) is 2. The molecule has 0 aliphatic heterocycles. The van der Waals surface area contributed by atoms with Gasteiger partial charge in [0.25, 0.3) is 11.5 Å². The largest absolute Gasteiger partial charge is 0.496 e. The lowest BCUT2D eigenvalue weighted by Gasteiger charge is -2.11. The molecule has 11 heteroatoms. The van der Waals surface area contributed by atoms with E-state index in [4.69, 9.17) is 18.9 Å². The maximum absolute atomic E-state index is 13.7. The number of fused-ring (bicyclic) bond motifs is 2. The van der Waals surface area contributed by atoms with Crippen molar-refractivity contribution in [2.75, 3.05) is 19.0 Å². The molecular formula is C32H22BrFN4O5. The third-order valence-corrected chi connectivity index (χ3v) is 6.96. The summed E-state index contributed by atoms with van der Waals surface area (Å²) < 4.78 is 32.7. The van der Waals surface area contributed by atoms with Crippen molar-refractivity contribution < 1.29 is 23.1 Å². The molecule has 0 spiro atoms. The van der Waals surface area contributed by atoms with Gasteiger partial charge in [0.2, 0.25) is 5.82 Å². The summed E-state index contributed by atoms with van der Waals surface area (Å²) in [6.45, 7) is -0.345. The van der Waals surface area contributed by atoms with Crippen molar-refractivity contribution in [1.29, 1.82) is 0 Å². The van der Waals surface area contributed by atoms with Crippen molar-refractivity contribution in [2.45, 2.75) is 0 Å². The Kier molecular flexibility index (Phi) is 7.71. The Hall–Kier alpha value is -5.29. The molecule has 6 rings (SSSR count). The quantitative estimate of drug-likeness (QED) is 0.187. The number of benzene rings is 4. The average molecular weight is 641 g/mol. The van der Waals surface area contributed by atoms with Crippen LogP contribution in [-0.2, 0) is 4.79 Å². The number of nitrogens with zero attached hydrogens (tertiary/aromatic N) is 3. The molecule has 9 nitrogen and oxygen atoms in total. The van der Waals surface area contributed by atoms with Crippen molar-refractivity contribution >= 4 is 55.6 Å². The van der Waals surface area contributed by atoms with E-state index in [2.05, 4.69) is 26.3 Å². The van der Waals surface area contributed by atoms with E-state index in [-0.39, 0.29) is 12.4 Å². The lowest BCUT2D eigenvalue weighted by atomic mass is 10.2. The number of nitrogens with one attached hydrogen (secondary N) is 1. The first-order chi connectivity index (χ1) is 20.9. The lowest BCUT2D eigenvalue weighted by molar-refractivity contribution is -0.118. The summed E-state index contributed by atoms with van der Waals surface area (Å²) in [4.78, 5) is 30.8. The molecule has 2 heterocycles. The normalized spacial score (nSPS) is 11.3. The van der Waals surface area contributed by atoms with E-state index in [1.165, 1.54) is 24.4 Å². The molecule has 1 N–H and O–H groups in total. The molecule has 2 aromatic heterocycles. The summed E-state index contributed by atoms with van der Waals surface area (Å²) in [6.07, 6.45) is 1.44. The molecule has 0 bridgehead atoms. The smallest absolute Gasteiger partial charge is 0.282 e. The Bertz CT molecular complexity index is 2090. The second-order valence-electron chi connectivity index (χ2n) is 9.33. The first-order valence-electron chi connectivity index (χ1n) is 13.0. The zero-order valence-electron chi connectivity index (χ0n) is 22.6. The predicted molar refractivity (Wildman–Crippen MR) is 165 cm³/mol. The average Bonchev–Trinajstić information content (AvgIpc) is 3.45. The number of aromatic nitrogens is 2. The van der Waals surface area contributed by atoms with Gasteiger partial charge in [-0.05, 0) is 66.7 Å². The van der Waals surface area contributed by atoms with Crippen molar-refractivity contribution in [3.63, 3.8) is 0 Å². The number of amides is 1. The zero-order chi connectivity index (χ0) is 29.9. The van der Waals surface area contributed by atoms with E-state index >= 15 is 0 Å². The Balaban J connectivity index is 1.36. The fraction of sp³-hybridized carbons (Fsp3) is 0.0625. The van der Waals surface area contributed by atoms with Gasteiger partial charge in [-0.25, -0.2) is 9.37 Å². The number of furan rings is 1. The van der Waals surface area contributed by atoms with E-state index in [9.17, 15) is 14.0 Å². The third-order valence-electron chi connectivity index (χ3n) is 6.47. The van der Waals surface area contributed by atoms with Crippen LogP contribution >= 0.6 is 15.9 Å². The van der Waals surface area contributed by atoms with Gasteiger partial charge in [-0.2, -0.15) is 9.78 Å². The van der Waals surface area contributed by atoms with Crippen molar-refractivity contribution in [2.24, 2.45) is 5.10 Å². The minimum Gasteiger partial charge on any atom is -0.496 e. The van der Waals surface area contributed by atoms with Crippen LogP contribution in [0.2, 0.25) is 0 Å². The number of carbonyl (C=O) groups is 1. The van der Waals surface area contributed by atoms with Crippen LogP contribution in [0.5, 0.6) is 11.5 Å². The predicted octanol–water partition coefficient (Wildman–Crippen LogP) is 6.62. The molecule has 0 atom stereocenters. The van der Waals surface area contributed by atoms with Gasteiger partial charge in [-0.3, -0.25) is 9.59 Å². The van der Waals surface area contributed by atoms with Gasteiger partial charge in [0.05, 0.1) is 29.6 Å². The van der Waals surface area contributed by atoms with Crippen LogP contribution in [0.15, 0.2) is 110 Å². The molecule has 0 unspecified atom stereocenters. The molecule has 0 aliphatic carbocycles. The Labute approximate surface area is 252 Å². The molecule has 214 valence electrons. The lowest BCUT2D eigenvalue weighted by Crippen LogP contribution is -2.21. The standard InChI is InChI=1S/C32H22BrFN4O5/c1-41-27-10-5-11-28-24(27)16-29(43-28)31-37-25-9-3-2-8-23(25)32(40)38(31)35-17-19-14-20(33)12-13-26(19)42-18-30(39)36-22-7-4-6-21(34)15-22/h2-17H,18H2,1H3,(H,36,39). The molecule has 0 radical (unpaired) electrons. The van der Waals surface area contributed by atoms with Crippen LogP contribution in [0.1, 0.15) is 5.56 Å². The van der Waals surface area contributed by atoms with Gasteiger partial charge in [0, 0.05) is 15.7 Å². The molecule has 4 aromatic carbocycles. The van der Waals surface area contributed by atoms with Crippen LogP contribution in [0.4, 0.5) is 10.1 Å². The van der Waals surface area contributed by atoms with Crippen LogP contribution in [0.25, 0.3) is 33.5 Å². The monoisotopic (exact) mass is 640 g/mol. The van der Waals surface area contributed by atoms with E-state index in [1.807, 2.05) is 6.07 Å². The molecule has 43 heavy (non-hydrogen) atoms. The number of anilines is 1. The second kappa shape index (κ2) is 11.9. The summed E-state index contributed by atoms with van der Waals surface area (Å²) in [6, 6.07) is 24.8. The highest BCUT2D eigenvalue weighted by Gasteiger charge is 2.18.